The summed E-state index contributed by atoms with van der Waals surface area (Å²) in [7, 11) is -3.94. The first-order valence-corrected chi connectivity index (χ1v) is 12.3. The van der Waals surface area contributed by atoms with Gasteiger partial charge in [0, 0.05) is 6.54 Å². The van der Waals surface area contributed by atoms with Gasteiger partial charge in [0.25, 0.3) is 10.0 Å². The lowest BCUT2D eigenvalue weighted by atomic mass is 9.97. The van der Waals surface area contributed by atoms with E-state index in [1.165, 1.54) is 35.9 Å². The van der Waals surface area contributed by atoms with E-state index in [0.29, 0.717) is 6.54 Å². The molecule has 5 nitrogen and oxygen atoms in total. The number of amides is 1. The molecule has 31 heavy (non-hydrogen) atoms. The van der Waals surface area contributed by atoms with E-state index in [2.05, 4.69) is 12.2 Å². The molecule has 0 aliphatic carbocycles. The SMILES string of the molecule is CCC(CNC(=O)CN(c1ccc(F)cc1)S(=O)(=O)c1cccs1)Cc1ccccc1. The smallest absolute Gasteiger partial charge is 0.274 e. The molecule has 0 saturated heterocycles. The van der Waals surface area contributed by atoms with Crippen molar-refractivity contribution in [2.24, 2.45) is 5.92 Å². The van der Waals surface area contributed by atoms with Gasteiger partial charge < -0.3 is 5.32 Å². The minimum absolute atomic E-state index is 0.125. The second kappa shape index (κ2) is 10.5. The first kappa shape index (κ1) is 23.0. The Hall–Kier alpha value is -2.71. The minimum Gasteiger partial charge on any atom is -0.354 e. The zero-order chi connectivity index (χ0) is 22.3. The molecule has 3 aromatic rings. The van der Waals surface area contributed by atoms with E-state index in [-0.39, 0.29) is 22.4 Å². The van der Waals surface area contributed by atoms with Crippen molar-refractivity contribution in [1.82, 2.24) is 5.32 Å². The van der Waals surface area contributed by atoms with Crippen LogP contribution in [0, 0.1) is 11.7 Å². The molecule has 2 aromatic carbocycles. The highest BCUT2D eigenvalue weighted by atomic mass is 32.2. The van der Waals surface area contributed by atoms with Crippen LogP contribution >= 0.6 is 11.3 Å². The van der Waals surface area contributed by atoms with E-state index in [1.54, 1.807) is 11.4 Å². The van der Waals surface area contributed by atoms with Crippen LogP contribution in [0.5, 0.6) is 0 Å². The van der Waals surface area contributed by atoms with Gasteiger partial charge in [-0.2, -0.15) is 0 Å². The third-order valence-electron chi connectivity index (χ3n) is 4.97. The molecule has 1 unspecified atom stereocenters. The van der Waals surface area contributed by atoms with Gasteiger partial charge >= 0.3 is 0 Å². The van der Waals surface area contributed by atoms with Crippen LogP contribution in [0.15, 0.2) is 76.3 Å². The van der Waals surface area contributed by atoms with Crippen molar-refractivity contribution in [3.05, 3.63) is 83.5 Å². The van der Waals surface area contributed by atoms with Gasteiger partial charge in [0.1, 0.15) is 16.6 Å². The number of thiophene rings is 1. The normalized spacial score (nSPS) is 12.3. The maximum absolute atomic E-state index is 13.4. The van der Waals surface area contributed by atoms with Gasteiger partial charge in [-0.3, -0.25) is 9.10 Å². The number of carbonyl (C=O) groups is 1. The molecule has 1 N–H and O–H groups in total. The largest absolute Gasteiger partial charge is 0.354 e. The molecule has 0 aliphatic rings. The van der Waals surface area contributed by atoms with Crippen LogP contribution in [0.4, 0.5) is 10.1 Å². The topological polar surface area (TPSA) is 66.5 Å². The van der Waals surface area contributed by atoms with E-state index in [4.69, 9.17) is 0 Å². The van der Waals surface area contributed by atoms with Crippen LogP contribution in [0.3, 0.4) is 0 Å². The predicted octanol–water partition coefficient (Wildman–Crippen LogP) is 4.47. The number of nitrogens with one attached hydrogen (secondary N) is 1. The lowest BCUT2D eigenvalue weighted by Gasteiger charge is -2.24. The van der Waals surface area contributed by atoms with Gasteiger partial charge in [-0.1, -0.05) is 49.7 Å². The number of rotatable bonds is 10. The van der Waals surface area contributed by atoms with Crippen LogP contribution in [0.1, 0.15) is 18.9 Å². The highest BCUT2D eigenvalue weighted by Crippen LogP contribution is 2.26. The van der Waals surface area contributed by atoms with Crippen molar-refractivity contribution >= 4 is 33.0 Å². The molecule has 1 atom stereocenters. The second-order valence-electron chi connectivity index (χ2n) is 7.19. The molecule has 164 valence electrons. The van der Waals surface area contributed by atoms with Gasteiger partial charge in [-0.15, -0.1) is 11.3 Å². The minimum atomic E-state index is -3.94. The molecule has 0 spiro atoms. The van der Waals surface area contributed by atoms with E-state index < -0.39 is 21.7 Å². The third-order valence-corrected chi connectivity index (χ3v) is 8.12. The van der Waals surface area contributed by atoms with E-state index in [9.17, 15) is 17.6 Å². The average molecular weight is 461 g/mol. The molecule has 1 heterocycles. The molecule has 0 aliphatic heterocycles. The summed E-state index contributed by atoms with van der Waals surface area (Å²) in [6.45, 7) is 2.13. The summed E-state index contributed by atoms with van der Waals surface area (Å²) in [5, 5.41) is 4.53. The van der Waals surface area contributed by atoms with Crippen molar-refractivity contribution < 1.29 is 17.6 Å². The van der Waals surface area contributed by atoms with Crippen molar-refractivity contribution in [1.29, 1.82) is 0 Å². The van der Waals surface area contributed by atoms with Crippen LogP contribution in [-0.4, -0.2) is 27.4 Å². The number of anilines is 1. The highest BCUT2D eigenvalue weighted by Gasteiger charge is 2.28. The molecule has 1 aromatic heterocycles. The summed E-state index contributed by atoms with van der Waals surface area (Å²) in [6, 6.07) is 18.2. The van der Waals surface area contributed by atoms with Crippen molar-refractivity contribution in [3.8, 4) is 0 Å². The lowest BCUT2D eigenvalue weighted by molar-refractivity contribution is -0.119. The number of hydrogen-bond acceptors (Lipinski definition) is 4. The Morgan fingerprint density at radius 1 is 1.06 bits per heavy atom. The van der Waals surface area contributed by atoms with Gasteiger partial charge in [0.2, 0.25) is 5.91 Å². The third kappa shape index (κ3) is 6.15. The van der Waals surface area contributed by atoms with Crippen LogP contribution < -0.4 is 9.62 Å². The maximum Gasteiger partial charge on any atom is 0.274 e. The Kier molecular flexibility index (Phi) is 7.81. The zero-order valence-electron chi connectivity index (χ0n) is 17.2. The van der Waals surface area contributed by atoms with Gasteiger partial charge in [0.05, 0.1) is 5.69 Å². The number of carbonyl (C=O) groups excluding carboxylic acids is 1. The number of hydrogen-bond donors (Lipinski definition) is 1. The Bertz CT molecular complexity index is 1070. The number of nitrogens with zero attached hydrogens (tertiary/aromatic N) is 1. The summed E-state index contributed by atoms with van der Waals surface area (Å²) < 4.78 is 40.7. The highest BCUT2D eigenvalue weighted by molar-refractivity contribution is 7.94. The molecule has 1 amide bonds. The van der Waals surface area contributed by atoms with Crippen molar-refractivity contribution in [3.63, 3.8) is 0 Å². The first-order chi connectivity index (χ1) is 14.9. The average Bonchev–Trinajstić information content (AvgIpc) is 3.32. The molecule has 0 radical (unpaired) electrons. The van der Waals surface area contributed by atoms with Crippen LogP contribution in [0.25, 0.3) is 0 Å². The fourth-order valence-corrected chi connectivity index (χ4v) is 5.72. The van der Waals surface area contributed by atoms with Gasteiger partial charge in [-0.05, 0) is 53.6 Å². The Balaban J connectivity index is 1.71. The molecule has 3 rings (SSSR count). The van der Waals surface area contributed by atoms with Gasteiger partial charge in [0.15, 0.2) is 0 Å². The molecular formula is C23H25FN2O3S2. The Morgan fingerprint density at radius 2 is 1.77 bits per heavy atom. The second-order valence-corrected chi connectivity index (χ2v) is 10.2. The maximum atomic E-state index is 13.4. The fourth-order valence-electron chi connectivity index (χ4n) is 3.19. The molecular weight excluding hydrogens is 435 g/mol. The Morgan fingerprint density at radius 3 is 2.39 bits per heavy atom. The molecule has 0 saturated carbocycles. The first-order valence-electron chi connectivity index (χ1n) is 10.0. The molecule has 0 fully saturated rings. The summed E-state index contributed by atoms with van der Waals surface area (Å²) >= 11 is 1.07. The Labute approximate surface area is 186 Å². The van der Waals surface area contributed by atoms with Crippen LogP contribution in [0.2, 0.25) is 0 Å². The lowest BCUT2D eigenvalue weighted by Crippen LogP contribution is -2.42. The summed E-state index contributed by atoms with van der Waals surface area (Å²) in [4.78, 5) is 12.7. The number of halogens is 1. The summed E-state index contributed by atoms with van der Waals surface area (Å²) in [6.07, 6.45) is 1.71. The van der Waals surface area contributed by atoms with Gasteiger partial charge in [-0.25, -0.2) is 12.8 Å². The number of benzene rings is 2. The quantitative estimate of drug-likeness (QED) is 0.486. The zero-order valence-corrected chi connectivity index (χ0v) is 18.8. The van der Waals surface area contributed by atoms with E-state index in [1.807, 2.05) is 30.3 Å². The number of sulfonamides is 1. The molecule has 8 heteroatoms. The fraction of sp³-hybridized carbons (Fsp3) is 0.261. The monoisotopic (exact) mass is 460 g/mol. The standard InChI is InChI=1S/C23H25FN2O3S2/c1-2-18(15-19-7-4-3-5-8-19)16-25-22(27)17-26(21-12-10-20(24)11-13-21)31(28,29)23-9-6-14-30-23/h3-14,18H,2,15-17H2,1H3,(H,25,27). The summed E-state index contributed by atoms with van der Waals surface area (Å²) in [5.74, 6) is -0.649. The van der Waals surface area contributed by atoms with Crippen molar-refractivity contribution in [2.75, 3.05) is 17.4 Å². The van der Waals surface area contributed by atoms with E-state index >= 15 is 0 Å². The van der Waals surface area contributed by atoms with Crippen molar-refractivity contribution in [2.45, 2.75) is 24.0 Å². The van der Waals surface area contributed by atoms with Crippen LogP contribution in [-0.2, 0) is 21.2 Å². The predicted molar refractivity (Wildman–Crippen MR) is 122 cm³/mol. The molecule has 0 bridgehead atoms. The van der Waals surface area contributed by atoms with E-state index in [0.717, 1.165) is 28.5 Å². The summed E-state index contributed by atoms with van der Waals surface area (Å²) in [5.41, 5.74) is 1.43.